The van der Waals surface area contributed by atoms with Crippen LogP contribution in [0.15, 0.2) is 22.7 Å². The SMILES string of the molecule is N#Cc1ccc(OC2CCCC2CN)c(Br)c1. The van der Waals surface area contributed by atoms with Crippen LogP contribution in [-0.2, 0) is 0 Å². The number of nitriles is 1. The summed E-state index contributed by atoms with van der Waals surface area (Å²) in [5, 5.41) is 8.79. The number of halogens is 1. The van der Waals surface area contributed by atoms with Crippen LogP contribution >= 0.6 is 15.9 Å². The molecule has 0 bridgehead atoms. The number of rotatable bonds is 3. The first-order valence-corrected chi connectivity index (χ1v) is 6.60. The fraction of sp³-hybridized carbons (Fsp3) is 0.462. The second-order valence-corrected chi connectivity index (χ2v) is 5.19. The highest BCUT2D eigenvalue weighted by Crippen LogP contribution is 2.33. The Morgan fingerprint density at radius 2 is 2.29 bits per heavy atom. The monoisotopic (exact) mass is 294 g/mol. The van der Waals surface area contributed by atoms with Gasteiger partial charge in [0.25, 0.3) is 0 Å². The first-order chi connectivity index (χ1) is 8.24. The Hall–Kier alpha value is -1.05. The Kier molecular flexibility index (Phi) is 4.03. The third kappa shape index (κ3) is 2.80. The molecule has 0 aromatic heterocycles. The molecule has 2 unspecified atom stereocenters. The molecule has 2 atom stereocenters. The molecule has 1 fully saturated rings. The molecule has 90 valence electrons. The summed E-state index contributed by atoms with van der Waals surface area (Å²) in [4.78, 5) is 0. The lowest BCUT2D eigenvalue weighted by Gasteiger charge is -2.20. The first-order valence-electron chi connectivity index (χ1n) is 5.81. The topological polar surface area (TPSA) is 59.0 Å². The van der Waals surface area contributed by atoms with Crippen LogP contribution < -0.4 is 10.5 Å². The van der Waals surface area contributed by atoms with Crippen molar-refractivity contribution in [2.45, 2.75) is 25.4 Å². The van der Waals surface area contributed by atoms with Crippen molar-refractivity contribution in [1.29, 1.82) is 5.26 Å². The van der Waals surface area contributed by atoms with Crippen molar-refractivity contribution in [1.82, 2.24) is 0 Å². The molecule has 0 heterocycles. The molecule has 0 radical (unpaired) electrons. The van der Waals surface area contributed by atoms with Gasteiger partial charge in [-0.1, -0.05) is 0 Å². The van der Waals surface area contributed by atoms with E-state index in [1.165, 1.54) is 6.42 Å². The molecule has 1 aromatic rings. The maximum Gasteiger partial charge on any atom is 0.133 e. The maximum atomic E-state index is 8.79. The van der Waals surface area contributed by atoms with Gasteiger partial charge in [-0.05, 0) is 59.9 Å². The second kappa shape index (κ2) is 5.52. The van der Waals surface area contributed by atoms with Crippen LogP contribution in [0.25, 0.3) is 0 Å². The van der Waals surface area contributed by atoms with Crippen molar-refractivity contribution >= 4 is 15.9 Å². The molecule has 17 heavy (non-hydrogen) atoms. The van der Waals surface area contributed by atoms with Gasteiger partial charge in [0.05, 0.1) is 16.1 Å². The number of ether oxygens (including phenoxy) is 1. The van der Waals surface area contributed by atoms with E-state index in [4.69, 9.17) is 15.7 Å². The van der Waals surface area contributed by atoms with Gasteiger partial charge in [-0.25, -0.2) is 0 Å². The summed E-state index contributed by atoms with van der Waals surface area (Å²) in [5.41, 5.74) is 6.36. The lowest BCUT2D eigenvalue weighted by molar-refractivity contribution is 0.161. The zero-order chi connectivity index (χ0) is 12.3. The Balaban J connectivity index is 2.11. The third-order valence-corrected chi connectivity index (χ3v) is 3.85. The summed E-state index contributed by atoms with van der Waals surface area (Å²) in [5.74, 6) is 1.26. The summed E-state index contributed by atoms with van der Waals surface area (Å²) in [7, 11) is 0. The van der Waals surface area contributed by atoms with Crippen molar-refractivity contribution in [2.75, 3.05) is 6.54 Å². The Bertz CT molecular complexity index is 442. The van der Waals surface area contributed by atoms with Crippen LogP contribution in [0.1, 0.15) is 24.8 Å². The van der Waals surface area contributed by atoms with Gasteiger partial charge in [-0.2, -0.15) is 5.26 Å². The van der Waals surface area contributed by atoms with Gasteiger partial charge in [-0.15, -0.1) is 0 Å². The van der Waals surface area contributed by atoms with Gasteiger partial charge >= 0.3 is 0 Å². The summed E-state index contributed by atoms with van der Waals surface area (Å²) < 4.78 is 6.81. The smallest absolute Gasteiger partial charge is 0.133 e. The van der Waals surface area contributed by atoms with E-state index in [0.717, 1.165) is 23.1 Å². The van der Waals surface area contributed by atoms with Gasteiger partial charge in [0, 0.05) is 5.92 Å². The van der Waals surface area contributed by atoms with Gasteiger partial charge in [-0.3, -0.25) is 0 Å². The Morgan fingerprint density at radius 1 is 1.47 bits per heavy atom. The summed E-state index contributed by atoms with van der Waals surface area (Å²) in [6.07, 6.45) is 3.60. The molecule has 2 rings (SSSR count). The highest BCUT2D eigenvalue weighted by Gasteiger charge is 2.28. The number of nitrogens with zero attached hydrogens (tertiary/aromatic N) is 1. The van der Waals surface area contributed by atoms with E-state index >= 15 is 0 Å². The van der Waals surface area contributed by atoms with Gasteiger partial charge in [0.15, 0.2) is 0 Å². The number of hydrogen-bond donors (Lipinski definition) is 1. The molecule has 2 N–H and O–H groups in total. The molecular weight excluding hydrogens is 280 g/mol. The molecule has 0 spiro atoms. The molecular formula is C13H15BrN2O. The van der Waals surface area contributed by atoms with E-state index < -0.39 is 0 Å². The minimum Gasteiger partial charge on any atom is -0.489 e. The van der Waals surface area contributed by atoms with E-state index in [-0.39, 0.29) is 6.10 Å². The van der Waals surface area contributed by atoms with Crippen molar-refractivity contribution in [3.05, 3.63) is 28.2 Å². The van der Waals surface area contributed by atoms with E-state index in [1.807, 2.05) is 6.07 Å². The number of hydrogen-bond acceptors (Lipinski definition) is 3. The lowest BCUT2D eigenvalue weighted by Crippen LogP contribution is -2.27. The molecule has 0 saturated heterocycles. The zero-order valence-electron chi connectivity index (χ0n) is 9.53. The van der Waals surface area contributed by atoms with Gasteiger partial charge in [0.1, 0.15) is 11.9 Å². The summed E-state index contributed by atoms with van der Waals surface area (Å²) in [6, 6.07) is 7.49. The lowest BCUT2D eigenvalue weighted by atomic mass is 10.1. The fourth-order valence-electron chi connectivity index (χ4n) is 2.26. The minimum atomic E-state index is 0.212. The molecule has 1 aliphatic rings. The van der Waals surface area contributed by atoms with Crippen molar-refractivity contribution in [3.8, 4) is 11.8 Å². The van der Waals surface area contributed by atoms with Crippen LogP contribution in [0.3, 0.4) is 0 Å². The number of nitrogens with two attached hydrogens (primary N) is 1. The van der Waals surface area contributed by atoms with Crippen LogP contribution in [0.4, 0.5) is 0 Å². The Labute approximate surface area is 110 Å². The highest BCUT2D eigenvalue weighted by molar-refractivity contribution is 9.10. The van der Waals surface area contributed by atoms with Crippen molar-refractivity contribution in [3.63, 3.8) is 0 Å². The molecule has 0 aliphatic heterocycles. The maximum absolute atomic E-state index is 8.79. The predicted molar refractivity (Wildman–Crippen MR) is 69.7 cm³/mol. The largest absolute Gasteiger partial charge is 0.489 e. The molecule has 4 heteroatoms. The third-order valence-electron chi connectivity index (χ3n) is 3.23. The second-order valence-electron chi connectivity index (χ2n) is 4.34. The van der Waals surface area contributed by atoms with Crippen LogP contribution in [0.5, 0.6) is 5.75 Å². The van der Waals surface area contributed by atoms with E-state index in [0.29, 0.717) is 18.0 Å². The molecule has 1 aliphatic carbocycles. The molecule has 1 aromatic carbocycles. The average Bonchev–Trinajstić information content (AvgIpc) is 2.79. The van der Waals surface area contributed by atoms with Crippen LogP contribution in [0, 0.1) is 17.2 Å². The minimum absolute atomic E-state index is 0.212. The summed E-state index contributed by atoms with van der Waals surface area (Å²) in [6.45, 7) is 0.679. The van der Waals surface area contributed by atoms with Crippen LogP contribution in [-0.4, -0.2) is 12.6 Å². The van der Waals surface area contributed by atoms with E-state index in [1.54, 1.807) is 12.1 Å². The Morgan fingerprint density at radius 3 is 2.94 bits per heavy atom. The molecule has 0 amide bonds. The van der Waals surface area contributed by atoms with E-state index in [9.17, 15) is 0 Å². The van der Waals surface area contributed by atoms with Gasteiger partial charge < -0.3 is 10.5 Å². The quantitative estimate of drug-likeness (QED) is 0.932. The van der Waals surface area contributed by atoms with Crippen LogP contribution in [0.2, 0.25) is 0 Å². The van der Waals surface area contributed by atoms with Crippen molar-refractivity contribution in [2.24, 2.45) is 11.7 Å². The standard InChI is InChI=1S/C13H15BrN2O/c14-11-6-9(7-15)4-5-13(11)17-12-3-1-2-10(12)8-16/h4-6,10,12H,1-3,8,16H2. The first kappa shape index (κ1) is 12.4. The molecule has 3 nitrogen and oxygen atoms in total. The molecule has 1 saturated carbocycles. The normalized spacial score (nSPS) is 23.4. The van der Waals surface area contributed by atoms with Gasteiger partial charge in [0.2, 0.25) is 0 Å². The highest BCUT2D eigenvalue weighted by atomic mass is 79.9. The van der Waals surface area contributed by atoms with Crippen molar-refractivity contribution < 1.29 is 4.74 Å². The number of benzene rings is 1. The summed E-state index contributed by atoms with van der Waals surface area (Å²) >= 11 is 3.43. The predicted octanol–water partition coefficient (Wildman–Crippen LogP) is 2.83. The van der Waals surface area contributed by atoms with E-state index in [2.05, 4.69) is 22.0 Å². The average molecular weight is 295 g/mol. The fourth-order valence-corrected chi connectivity index (χ4v) is 2.73. The zero-order valence-corrected chi connectivity index (χ0v) is 11.1.